The molecule has 1 N–H and O–H groups in total. The number of aromatic nitrogens is 3. The van der Waals surface area contributed by atoms with E-state index < -0.39 is 11.3 Å². The number of carbonyl (C=O) groups excluding carboxylic acids is 1. The molecule has 0 radical (unpaired) electrons. The van der Waals surface area contributed by atoms with Crippen LogP contribution in [0.25, 0.3) is 0 Å². The molecule has 2 aromatic rings. The van der Waals surface area contributed by atoms with Crippen molar-refractivity contribution < 1.29 is 13.6 Å². The molecule has 1 atom stereocenters. The first-order valence-corrected chi connectivity index (χ1v) is 8.32. The average molecular weight is 347 g/mol. The van der Waals surface area contributed by atoms with E-state index in [1.807, 2.05) is 11.0 Å². The van der Waals surface area contributed by atoms with E-state index in [0.29, 0.717) is 18.7 Å². The molecule has 1 spiro atoms. The number of carbonyl (C=O) groups is 1. The molecule has 0 aromatic carbocycles. The second-order valence-corrected chi connectivity index (χ2v) is 6.81. The van der Waals surface area contributed by atoms with Crippen LogP contribution in [0.3, 0.4) is 0 Å². The molecule has 4 heterocycles. The molecule has 8 heteroatoms. The Balaban J connectivity index is 1.57. The molecule has 25 heavy (non-hydrogen) atoms. The lowest BCUT2D eigenvalue weighted by Gasteiger charge is -2.45. The van der Waals surface area contributed by atoms with Gasteiger partial charge >= 0.3 is 0 Å². The number of likely N-dealkylation sites (tertiary alicyclic amines) is 1. The van der Waals surface area contributed by atoms with Crippen LogP contribution in [-0.2, 0) is 0 Å². The van der Waals surface area contributed by atoms with Gasteiger partial charge in [0.05, 0.1) is 17.3 Å². The second kappa shape index (κ2) is 5.79. The number of hydrogen-bond donors (Lipinski definition) is 1. The van der Waals surface area contributed by atoms with Crippen LogP contribution in [0.1, 0.15) is 23.3 Å². The number of H-pyrrole nitrogens is 1. The number of amides is 1. The summed E-state index contributed by atoms with van der Waals surface area (Å²) in [7, 11) is 0. The number of hydrogen-bond acceptors (Lipinski definition) is 4. The van der Waals surface area contributed by atoms with Crippen LogP contribution in [0.15, 0.2) is 36.8 Å². The highest BCUT2D eigenvalue weighted by Gasteiger charge is 2.60. The summed E-state index contributed by atoms with van der Waals surface area (Å²) in [6.45, 7) is 0.861. The van der Waals surface area contributed by atoms with Crippen molar-refractivity contribution in [1.29, 1.82) is 0 Å². The van der Waals surface area contributed by atoms with E-state index in [-0.39, 0.29) is 32.0 Å². The third-order valence-corrected chi connectivity index (χ3v) is 5.35. The van der Waals surface area contributed by atoms with Crippen molar-refractivity contribution >= 4 is 11.6 Å². The second-order valence-electron chi connectivity index (χ2n) is 6.81. The van der Waals surface area contributed by atoms with Gasteiger partial charge in [0, 0.05) is 45.0 Å². The number of nitrogens with zero attached hydrogens (tertiary/aromatic N) is 4. The fraction of sp³-hybridized carbons (Fsp3) is 0.471. The first kappa shape index (κ1) is 16.0. The summed E-state index contributed by atoms with van der Waals surface area (Å²) in [5.74, 6) is -3.07. The third-order valence-electron chi connectivity index (χ3n) is 5.35. The first-order valence-electron chi connectivity index (χ1n) is 8.32. The molecular weight excluding hydrogens is 328 g/mol. The van der Waals surface area contributed by atoms with Gasteiger partial charge in [0.25, 0.3) is 11.8 Å². The Labute approximate surface area is 143 Å². The standard InChI is InChI=1S/C17H19F2N5O/c18-17(19)5-9-24(15(25)14-3-7-21-22-14)12-16(17)4-8-23(11-16)13-2-1-6-20-10-13/h1-3,6-7,10H,4-5,8-9,11-12H2,(H,21,22). The van der Waals surface area contributed by atoms with E-state index >= 15 is 0 Å². The molecule has 2 fully saturated rings. The van der Waals surface area contributed by atoms with Crippen LogP contribution in [0, 0.1) is 5.41 Å². The summed E-state index contributed by atoms with van der Waals surface area (Å²) < 4.78 is 29.7. The van der Waals surface area contributed by atoms with Crippen molar-refractivity contribution in [2.24, 2.45) is 5.41 Å². The molecule has 4 rings (SSSR count). The Kier molecular flexibility index (Phi) is 3.70. The van der Waals surface area contributed by atoms with Gasteiger partial charge in [-0.05, 0) is 24.6 Å². The van der Waals surface area contributed by atoms with Gasteiger partial charge in [0.2, 0.25) is 0 Å². The van der Waals surface area contributed by atoms with Crippen LogP contribution >= 0.6 is 0 Å². The van der Waals surface area contributed by atoms with E-state index in [1.165, 1.54) is 11.1 Å². The van der Waals surface area contributed by atoms with Gasteiger partial charge < -0.3 is 9.80 Å². The fourth-order valence-corrected chi connectivity index (χ4v) is 3.88. The molecule has 1 unspecified atom stereocenters. The van der Waals surface area contributed by atoms with Gasteiger partial charge in [-0.3, -0.25) is 14.9 Å². The number of nitrogens with one attached hydrogen (secondary N) is 1. The van der Waals surface area contributed by atoms with Crippen molar-refractivity contribution in [1.82, 2.24) is 20.1 Å². The van der Waals surface area contributed by atoms with E-state index in [0.717, 1.165) is 5.69 Å². The predicted octanol–water partition coefficient (Wildman–Crippen LogP) is 2.18. The number of pyridine rings is 1. The maximum absolute atomic E-state index is 14.8. The van der Waals surface area contributed by atoms with Crippen LogP contribution in [-0.4, -0.2) is 58.1 Å². The van der Waals surface area contributed by atoms with Crippen molar-refractivity contribution in [2.75, 3.05) is 31.1 Å². The molecule has 0 aliphatic carbocycles. The highest BCUT2D eigenvalue weighted by atomic mass is 19.3. The molecule has 2 aliphatic rings. The van der Waals surface area contributed by atoms with Gasteiger partial charge in [-0.15, -0.1) is 0 Å². The summed E-state index contributed by atoms with van der Waals surface area (Å²) >= 11 is 0. The molecule has 2 aliphatic heterocycles. The van der Waals surface area contributed by atoms with Crippen LogP contribution in [0.2, 0.25) is 0 Å². The summed E-state index contributed by atoms with van der Waals surface area (Å²) in [5, 5.41) is 6.39. The minimum atomic E-state index is -2.80. The fourth-order valence-electron chi connectivity index (χ4n) is 3.88. The highest BCUT2D eigenvalue weighted by molar-refractivity contribution is 5.92. The molecule has 2 saturated heterocycles. The Morgan fingerprint density at radius 3 is 2.76 bits per heavy atom. The summed E-state index contributed by atoms with van der Waals surface area (Å²) in [5.41, 5.74) is -0.0498. The van der Waals surface area contributed by atoms with Crippen LogP contribution < -0.4 is 4.90 Å². The van der Waals surface area contributed by atoms with Gasteiger partial charge in [0.15, 0.2) is 0 Å². The Bertz CT molecular complexity index is 752. The molecule has 0 bridgehead atoms. The maximum atomic E-state index is 14.8. The average Bonchev–Trinajstić information content (AvgIpc) is 3.29. The van der Waals surface area contributed by atoms with Gasteiger partial charge in [0.1, 0.15) is 5.69 Å². The van der Waals surface area contributed by atoms with Crippen molar-refractivity contribution in [2.45, 2.75) is 18.8 Å². The lowest BCUT2D eigenvalue weighted by molar-refractivity contribution is -0.150. The SMILES string of the molecule is O=C(c1ccn[nH]1)N1CCC(F)(F)C2(CCN(c3cccnc3)C2)C1. The molecular formula is C17H19F2N5O. The number of rotatable bonds is 2. The maximum Gasteiger partial charge on any atom is 0.271 e. The zero-order valence-electron chi connectivity index (χ0n) is 13.7. The Hall–Kier alpha value is -2.51. The van der Waals surface area contributed by atoms with E-state index in [2.05, 4.69) is 15.2 Å². The molecule has 132 valence electrons. The lowest BCUT2D eigenvalue weighted by Crippen LogP contribution is -2.58. The predicted molar refractivity (Wildman–Crippen MR) is 87.6 cm³/mol. The Morgan fingerprint density at radius 1 is 1.16 bits per heavy atom. The number of aromatic amines is 1. The van der Waals surface area contributed by atoms with Gasteiger partial charge in [-0.25, -0.2) is 8.78 Å². The number of alkyl halides is 2. The zero-order chi connectivity index (χ0) is 17.5. The van der Waals surface area contributed by atoms with Crippen molar-refractivity contribution in [3.8, 4) is 0 Å². The molecule has 6 nitrogen and oxygen atoms in total. The van der Waals surface area contributed by atoms with Crippen LogP contribution in [0.4, 0.5) is 14.5 Å². The van der Waals surface area contributed by atoms with Gasteiger partial charge in [-0.2, -0.15) is 5.10 Å². The number of piperidine rings is 1. The highest BCUT2D eigenvalue weighted by Crippen LogP contribution is 2.50. The Morgan fingerprint density at radius 2 is 2.04 bits per heavy atom. The number of halogens is 2. The first-order chi connectivity index (χ1) is 12.0. The normalized spacial score (nSPS) is 25.5. The molecule has 1 amide bonds. The van der Waals surface area contributed by atoms with Crippen molar-refractivity contribution in [3.05, 3.63) is 42.5 Å². The monoisotopic (exact) mass is 347 g/mol. The lowest BCUT2D eigenvalue weighted by atomic mass is 9.75. The molecule has 0 saturated carbocycles. The quantitative estimate of drug-likeness (QED) is 0.904. The largest absolute Gasteiger partial charge is 0.369 e. The minimum absolute atomic E-state index is 0.0502. The number of anilines is 1. The van der Waals surface area contributed by atoms with Gasteiger partial charge in [-0.1, -0.05) is 0 Å². The third kappa shape index (κ3) is 2.65. The topological polar surface area (TPSA) is 65.1 Å². The zero-order valence-corrected chi connectivity index (χ0v) is 13.7. The van der Waals surface area contributed by atoms with E-state index in [1.54, 1.807) is 24.5 Å². The van der Waals surface area contributed by atoms with E-state index in [9.17, 15) is 13.6 Å². The van der Waals surface area contributed by atoms with Crippen molar-refractivity contribution in [3.63, 3.8) is 0 Å². The molecule has 2 aromatic heterocycles. The van der Waals surface area contributed by atoms with Crippen LogP contribution in [0.5, 0.6) is 0 Å². The van der Waals surface area contributed by atoms with E-state index in [4.69, 9.17) is 0 Å². The summed E-state index contributed by atoms with van der Waals surface area (Å²) in [6.07, 6.45) is 4.87. The summed E-state index contributed by atoms with van der Waals surface area (Å²) in [4.78, 5) is 20.1. The smallest absolute Gasteiger partial charge is 0.271 e. The summed E-state index contributed by atoms with van der Waals surface area (Å²) in [6, 6.07) is 5.24. The minimum Gasteiger partial charge on any atom is -0.369 e.